The van der Waals surface area contributed by atoms with Gasteiger partial charge in [0.2, 0.25) is 15.9 Å². The third-order valence-corrected chi connectivity index (χ3v) is 4.97. The van der Waals surface area contributed by atoms with Gasteiger partial charge in [0.25, 0.3) is 0 Å². The van der Waals surface area contributed by atoms with Crippen LogP contribution in [-0.4, -0.2) is 27.1 Å². The van der Waals surface area contributed by atoms with Gasteiger partial charge in [0.1, 0.15) is 5.69 Å². The first-order valence-corrected chi connectivity index (χ1v) is 9.81. The monoisotopic (exact) mass is 382 g/mol. The van der Waals surface area contributed by atoms with Gasteiger partial charge in [-0.05, 0) is 24.6 Å². The van der Waals surface area contributed by atoms with E-state index in [0.29, 0.717) is 4.31 Å². The Labute approximate surface area is 151 Å². The topological polar surface area (TPSA) is 66.5 Å². The molecule has 0 heterocycles. The molecule has 0 fully saturated rings. The number of amides is 1. The van der Waals surface area contributed by atoms with E-state index in [1.54, 1.807) is 6.92 Å². The molecule has 1 unspecified atom stereocenters. The summed E-state index contributed by atoms with van der Waals surface area (Å²) in [6, 6.07) is 12.0. The molecule has 8 heteroatoms. The lowest BCUT2D eigenvalue weighted by atomic mass is 10.1. The number of carbonyl (C=O) groups is 1. The van der Waals surface area contributed by atoms with Crippen molar-refractivity contribution in [2.75, 3.05) is 17.1 Å². The van der Waals surface area contributed by atoms with E-state index in [9.17, 15) is 22.0 Å². The second-order valence-electron chi connectivity index (χ2n) is 5.86. The summed E-state index contributed by atoms with van der Waals surface area (Å²) < 4.78 is 52.4. The Morgan fingerprint density at radius 1 is 1.08 bits per heavy atom. The average Bonchev–Trinajstić information content (AvgIpc) is 2.57. The van der Waals surface area contributed by atoms with Crippen LogP contribution in [0, 0.1) is 11.6 Å². The molecule has 2 aromatic rings. The molecular formula is C18H20F2N2O3S. The van der Waals surface area contributed by atoms with Gasteiger partial charge in [-0.3, -0.25) is 9.10 Å². The maximum absolute atomic E-state index is 13.9. The highest BCUT2D eigenvalue weighted by atomic mass is 32.2. The van der Waals surface area contributed by atoms with E-state index in [2.05, 4.69) is 5.32 Å². The maximum atomic E-state index is 13.9. The van der Waals surface area contributed by atoms with Crippen LogP contribution in [-0.2, 0) is 14.8 Å². The molecular weight excluding hydrogens is 362 g/mol. The fraction of sp³-hybridized carbons (Fsp3) is 0.278. The molecule has 2 aromatic carbocycles. The largest absolute Gasteiger partial charge is 0.350 e. The van der Waals surface area contributed by atoms with Crippen molar-refractivity contribution in [2.24, 2.45) is 0 Å². The van der Waals surface area contributed by atoms with Gasteiger partial charge >= 0.3 is 0 Å². The fourth-order valence-corrected chi connectivity index (χ4v) is 3.44. The number of hydrogen-bond donors (Lipinski definition) is 1. The Morgan fingerprint density at radius 3 is 2.19 bits per heavy atom. The zero-order chi connectivity index (χ0) is 19.3. The minimum absolute atomic E-state index is 0.238. The Bertz CT molecular complexity index is 853. The molecule has 2 rings (SSSR count). The highest BCUT2D eigenvalue weighted by Crippen LogP contribution is 2.25. The maximum Gasteiger partial charge on any atom is 0.232 e. The van der Waals surface area contributed by atoms with Crippen molar-refractivity contribution >= 4 is 21.6 Å². The van der Waals surface area contributed by atoms with E-state index in [1.165, 1.54) is 0 Å². The number of para-hydroxylation sites is 1. The molecule has 0 aliphatic rings. The third kappa shape index (κ3) is 5.01. The molecule has 140 valence electrons. The number of rotatable bonds is 7. The van der Waals surface area contributed by atoms with Crippen LogP contribution in [0.25, 0.3) is 0 Å². The van der Waals surface area contributed by atoms with Crippen molar-refractivity contribution in [3.8, 4) is 0 Å². The lowest BCUT2D eigenvalue weighted by molar-refractivity contribution is -0.121. The van der Waals surface area contributed by atoms with Crippen molar-refractivity contribution < 1.29 is 22.0 Å². The fourth-order valence-electron chi connectivity index (χ4n) is 2.51. The highest BCUT2D eigenvalue weighted by Gasteiger charge is 2.25. The molecule has 0 radical (unpaired) electrons. The van der Waals surface area contributed by atoms with E-state index >= 15 is 0 Å². The van der Waals surface area contributed by atoms with Crippen LogP contribution in [0.15, 0.2) is 48.5 Å². The van der Waals surface area contributed by atoms with Crippen LogP contribution < -0.4 is 9.62 Å². The Morgan fingerprint density at radius 2 is 1.65 bits per heavy atom. The van der Waals surface area contributed by atoms with Gasteiger partial charge in [0, 0.05) is 13.0 Å². The van der Waals surface area contributed by atoms with Crippen molar-refractivity contribution in [3.05, 3.63) is 65.7 Å². The molecule has 0 spiro atoms. The summed E-state index contributed by atoms with van der Waals surface area (Å²) in [7, 11) is -3.97. The Kier molecular flexibility index (Phi) is 6.31. The molecule has 26 heavy (non-hydrogen) atoms. The standard InChI is InChI=1S/C18H20F2N2O3S/c1-13(14-7-4-3-5-8-14)21-17(23)11-12-22(26(2,24)25)18-15(19)9-6-10-16(18)20/h3-10,13H,11-12H2,1-2H3,(H,21,23). The van der Waals surface area contributed by atoms with Crippen molar-refractivity contribution in [2.45, 2.75) is 19.4 Å². The van der Waals surface area contributed by atoms with Crippen LogP contribution in [0.4, 0.5) is 14.5 Å². The van der Waals surface area contributed by atoms with E-state index in [1.807, 2.05) is 30.3 Å². The van der Waals surface area contributed by atoms with Crippen LogP contribution in [0.5, 0.6) is 0 Å². The number of sulfonamides is 1. The zero-order valence-electron chi connectivity index (χ0n) is 14.4. The van der Waals surface area contributed by atoms with Gasteiger partial charge in [-0.25, -0.2) is 17.2 Å². The summed E-state index contributed by atoms with van der Waals surface area (Å²) in [5, 5.41) is 2.74. The molecule has 1 atom stereocenters. The molecule has 0 aromatic heterocycles. The number of carbonyl (C=O) groups excluding carboxylic acids is 1. The number of hydrogen-bond acceptors (Lipinski definition) is 3. The van der Waals surface area contributed by atoms with Crippen molar-refractivity contribution in [1.29, 1.82) is 0 Å². The first-order valence-electron chi connectivity index (χ1n) is 7.96. The summed E-state index contributed by atoms with van der Waals surface area (Å²) in [4.78, 5) is 12.1. The van der Waals surface area contributed by atoms with E-state index in [0.717, 1.165) is 30.0 Å². The highest BCUT2D eigenvalue weighted by molar-refractivity contribution is 7.92. The predicted molar refractivity (Wildman–Crippen MR) is 96.2 cm³/mol. The number of halogens is 2. The summed E-state index contributed by atoms with van der Waals surface area (Å²) in [5.41, 5.74) is 0.208. The Balaban J connectivity index is 2.10. The molecule has 5 nitrogen and oxygen atoms in total. The molecule has 0 saturated heterocycles. The molecule has 0 saturated carbocycles. The second-order valence-corrected chi connectivity index (χ2v) is 7.76. The van der Waals surface area contributed by atoms with E-state index in [4.69, 9.17) is 0 Å². The van der Waals surface area contributed by atoms with Crippen molar-refractivity contribution in [3.63, 3.8) is 0 Å². The zero-order valence-corrected chi connectivity index (χ0v) is 15.3. The minimum Gasteiger partial charge on any atom is -0.350 e. The summed E-state index contributed by atoms with van der Waals surface area (Å²) in [6.45, 7) is 1.42. The smallest absolute Gasteiger partial charge is 0.232 e. The van der Waals surface area contributed by atoms with Gasteiger partial charge in [0.05, 0.1) is 12.3 Å². The SMILES string of the molecule is CC(NC(=O)CCN(c1c(F)cccc1F)S(C)(=O)=O)c1ccccc1. The van der Waals surface area contributed by atoms with Crippen molar-refractivity contribution in [1.82, 2.24) is 5.32 Å². The molecule has 0 aliphatic carbocycles. The van der Waals surface area contributed by atoms with Gasteiger partial charge < -0.3 is 5.32 Å². The van der Waals surface area contributed by atoms with Gasteiger partial charge in [-0.2, -0.15) is 0 Å². The van der Waals surface area contributed by atoms with Crippen LogP contribution in [0.3, 0.4) is 0 Å². The molecule has 1 N–H and O–H groups in total. The number of anilines is 1. The molecule has 0 aliphatic heterocycles. The quantitative estimate of drug-likeness (QED) is 0.801. The number of nitrogens with one attached hydrogen (secondary N) is 1. The summed E-state index contributed by atoms with van der Waals surface area (Å²) >= 11 is 0. The van der Waals surface area contributed by atoms with E-state index in [-0.39, 0.29) is 19.0 Å². The minimum atomic E-state index is -3.97. The van der Waals surface area contributed by atoms with Crippen LogP contribution in [0.1, 0.15) is 24.9 Å². The lowest BCUT2D eigenvalue weighted by Gasteiger charge is -2.23. The van der Waals surface area contributed by atoms with Crippen LogP contribution >= 0.6 is 0 Å². The van der Waals surface area contributed by atoms with Gasteiger partial charge in [-0.1, -0.05) is 36.4 Å². The summed E-state index contributed by atoms with van der Waals surface area (Å²) in [6.07, 6.45) is 0.599. The average molecular weight is 382 g/mol. The van der Waals surface area contributed by atoms with Crippen LogP contribution in [0.2, 0.25) is 0 Å². The normalized spacial score (nSPS) is 12.5. The van der Waals surface area contributed by atoms with Gasteiger partial charge in [-0.15, -0.1) is 0 Å². The molecule has 1 amide bonds. The first kappa shape index (κ1) is 19.8. The van der Waals surface area contributed by atoms with Gasteiger partial charge in [0.15, 0.2) is 11.6 Å². The third-order valence-electron chi connectivity index (χ3n) is 3.81. The molecule has 0 bridgehead atoms. The van der Waals surface area contributed by atoms with E-state index < -0.39 is 33.3 Å². The second kappa shape index (κ2) is 8.27. The number of nitrogens with zero attached hydrogens (tertiary/aromatic N) is 1. The summed E-state index contributed by atoms with van der Waals surface area (Å²) in [5.74, 6) is -2.44. The lowest BCUT2D eigenvalue weighted by Crippen LogP contribution is -2.36. The Hall–Kier alpha value is -2.48. The predicted octanol–water partition coefficient (Wildman–Crippen LogP) is 3.00. The number of benzene rings is 2. The first-order chi connectivity index (χ1) is 12.2.